The maximum atomic E-state index is 13.3. The molecule has 71 heavy (non-hydrogen) atoms. The van der Waals surface area contributed by atoms with E-state index in [1.54, 1.807) is 0 Å². The van der Waals surface area contributed by atoms with Crippen LogP contribution in [-0.4, -0.2) is 46.9 Å². The normalized spacial score (nSPS) is 13.3. The summed E-state index contributed by atoms with van der Waals surface area (Å²) in [5.41, 5.74) is 0. The summed E-state index contributed by atoms with van der Waals surface area (Å²) < 4.78 is 5.98. The number of esters is 1. The number of aliphatic hydroxyl groups excluding tert-OH is 2. The highest BCUT2D eigenvalue weighted by atomic mass is 16.5. The van der Waals surface area contributed by atoms with Gasteiger partial charge in [0.2, 0.25) is 5.91 Å². The van der Waals surface area contributed by atoms with Gasteiger partial charge in [0.25, 0.3) is 0 Å². The minimum absolute atomic E-state index is 0.0676. The average Bonchev–Trinajstić information content (AvgIpc) is 3.36. The first-order valence-corrected chi connectivity index (χ1v) is 31.7. The van der Waals surface area contributed by atoms with Crippen LogP contribution in [0.1, 0.15) is 342 Å². The molecule has 1 amide bonds. The van der Waals surface area contributed by atoms with E-state index in [2.05, 4.69) is 62.5 Å². The number of aliphatic hydroxyl groups is 2. The molecule has 0 radical (unpaired) electrons. The summed E-state index contributed by atoms with van der Waals surface area (Å²) in [7, 11) is 0. The van der Waals surface area contributed by atoms with Crippen molar-refractivity contribution >= 4 is 11.9 Å². The van der Waals surface area contributed by atoms with Gasteiger partial charge < -0.3 is 20.3 Å². The van der Waals surface area contributed by atoms with Gasteiger partial charge in [-0.05, 0) is 64.2 Å². The Kier molecular flexibility index (Phi) is 57.4. The van der Waals surface area contributed by atoms with Crippen molar-refractivity contribution in [2.24, 2.45) is 0 Å². The van der Waals surface area contributed by atoms with Crippen LogP contribution in [0.15, 0.2) is 36.5 Å². The number of allylic oxidation sites excluding steroid dienone is 6. The van der Waals surface area contributed by atoms with Crippen LogP contribution < -0.4 is 5.32 Å². The molecule has 0 aliphatic heterocycles. The van der Waals surface area contributed by atoms with Gasteiger partial charge in [0.15, 0.2) is 0 Å². The second kappa shape index (κ2) is 59.0. The molecule has 0 aromatic rings. The topological polar surface area (TPSA) is 95.9 Å². The first kappa shape index (κ1) is 69.1. The van der Waals surface area contributed by atoms with E-state index >= 15 is 0 Å². The van der Waals surface area contributed by atoms with Crippen LogP contribution in [0, 0.1) is 0 Å². The lowest BCUT2D eigenvalue weighted by molar-refractivity contribution is -0.151. The fourth-order valence-electron chi connectivity index (χ4n) is 9.91. The zero-order valence-corrected chi connectivity index (χ0v) is 47.9. The second-order valence-electron chi connectivity index (χ2n) is 21.8. The molecule has 418 valence electrons. The first-order chi connectivity index (χ1) is 35.0. The Balaban J connectivity index is 4.54. The van der Waals surface area contributed by atoms with E-state index in [0.717, 1.165) is 77.0 Å². The van der Waals surface area contributed by atoms with Crippen molar-refractivity contribution in [1.29, 1.82) is 0 Å². The SMILES string of the molecule is CCCCC/C=C\C/C=C\C/C=C\CCCCCCC(CC(=O)NC(CO)C(O)CCCCCCCCCCCCCCCCCC)OC(=O)CCCCCCCCCCCCCCCCCCCCC. The molecule has 0 saturated carbocycles. The molecule has 3 unspecified atom stereocenters. The van der Waals surface area contributed by atoms with Crippen molar-refractivity contribution in [3.05, 3.63) is 36.5 Å². The molecule has 0 fully saturated rings. The quantitative estimate of drug-likeness (QED) is 0.0321. The molecule has 0 rings (SSSR count). The number of ether oxygens (including phenoxy) is 1. The summed E-state index contributed by atoms with van der Waals surface area (Å²) in [6, 6.07) is -0.708. The molecule has 0 aromatic carbocycles. The number of amides is 1. The Morgan fingerprint density at radius 3 is 1.11 bits per heavy atom. The molecule has 6 heteroatoms. The van der Waals surface area contributed by atoms with Gasteiger partial charge in [-0.1, -0.05) is 301 Å². The van der Waals surface area contributed by atoms with Crippen molar-refractivity contribution in [2.45, 2.75) is 360 Å². The van der Waals surface area contributed by atoms with Gasteiger partial charge in [-0.3, -0.25) is 9.59 Å². The lowest BCUT2D eigenvalue weighted by atomic mass is 10.0. The fourth-order valence-corrected chi connectivity index (χ4v) is 9.91. The molecule has 0 bridgehead atoms. The Labute approximate surface area is 443 Å². The highest BCUT2D eigenvalue weighted by Crippen LogP contribution is 2.19. The van der Waals surface area contributed by atoms with Crippen molar-refractivity contribution in [3.63, 3.8) is 0 Å². The first-order valence-electron chi connectivity index (χ1n) is 31.7. The maximum Gasteiger partial charge on any atom is 0.306 e. The zero-order chi connectivity index (χ0) is 51.6. The van der Waals surface area contributed by atoms with Gasteiger partial charge in [0.1, 0.15) is 6.10 Å². The van der Waals surface area contributed by atoms with Gasteiger partial charge in [-0.15, -0.1) is 0 Å². The highest BCUT2D eigenvalue weighted by Gasteiger charge is 2.24. The summed E-state index contributed by atoms with van der Waals surface area (Å²) >= 11 is 0. The minimum Gasteiger partial charge on any atom is -0.462 e. The highest BCUT2D eigenvalue weighted by molar-refractivity contribution is 5.77. The number of unbranched alkanes of at least 4 members (excludes halogenated alkanes) is 40. The number of hydrogen-bond donors (Lipinski definition) is 3. The molecule has 0 heterocycles. The molecular weight excluding hydrogens is 875 g/mol. The maximum absolute atomic E-state index is 13.3. The molecular formula is C65H123NO5. The van der Waals surface area contributed by atoms with E-state index in [0.29, 0.717) is 19.3 Å². The van der Waals surface area contributed by atoms with Crippen LogP contribution in [0.4, 0.5) is 0 Å². The van der Waals surface area contributed by atoms with E-state index in [4.69, 9.17) is 4.74 Å². The second-order valence-corrected chi connectivity index (χ2v) is 21.8. The van der Waals surface area contributed by atoms with Crippen molar-refractivity contribution in [1.82, 2.24) is 5.32 Å². The largest absolute Gasteiger partial charge is 0.462 e. The van der Waals surface area contributed by atoms with Crippen LogP contribution in [0.3, 0.4) is 0 Å². The van der Waals surface area contributed by atoms with E-state index in [1.807, 2.05) is 0 Å². The predicted molar refractivity (Wildman–Crippen MR) is 310 cm³/mol. The molecule has 3 atom stereocenters. The predicted octanol–water partition coefficient (Wildman–Crippen LogP) is 20.0. The Hall–Kier alpha value is -1.92. The van der Waals surface area contributed by atoms with E-state index < -0.39 is 18.2 Å². The van der Waals surface area contributed by atoms with Crippen LogP contribution in [0.25, 0.3) is 0 Å². The van der Waals surface area contributed by atoms with E-state index in [-0.39, 0.29) is 24.9 Å². The smallest absolute Gasteiger partial charge is 0.306 e. The summed E-state index contributed by atoms with van der Waals surface area (Å²) in [4.78, 5) is 26.4. The van der Waals surface area contributed by atoms with Crippen molar-refractivity contribution < 1.29 is 24.5 Å². The van der Waals surface area contributed by atoms with E-state index in [1.165, 1.54) is 218 Å². The molecule has 0 aromatic heterocycles. The lowest BCUT2D eigenvalue weighted by Crippen LogP contribution is -2.46. The van der Waals surface area contributed by atoms with Crippen LogP contribution >= 0.6 is 0 Å². The number of nitrogens with one attached hydrogen (secondary N) is 1. The van der Waals surface area contributed by atoms with Gasteiger partial charge in [0.05, 0.1) is 25.2 Å². The number of carbonyl (C=O) groups excluding carboxylic acids is 2. The Morgan fingerprint density at radius 2 is 0.718 bits per heavy atom. The third-order valence-electron chi connectivity index (χ3n) is 14.7. The number of hydrogen-bond acceptors (Lipinski definition) is 5. The molecule has 0 aliphatic rings. The summed E-state index contributed by atoms with van der Waals surface area (Å²) in [5.74, 6) is -0.474. The third-order valence-corrected chi connectivity index (χ3v) is 14.7. The molecule has 0 aliphatic carbocycles. The third kappa shape index (κ3) is 54.2. The lowest BCUT2D eigenvalue weighted by Gasteiger charge is -2.24. The standard InChI is InChI=1S/C65H123NO5/c1-4-7-10-13-16-19-22-25-28-31-32-34-37-40-43-46-49-52-55-58-65(70)71-61(56-53-50-47-44-41-38-35-33-29-26-23-20-17-14-11-8-5-2)59-64(69)66-62(60-67)63(68)57-54-51-48-45-42-39-36-30-27-24-21-18-15-12-9-6-3/h17,20,26,29,35,38,61-63,67-68H,4-16,18-19,21-25,27-28,30-34,36-37,39-60H2,1-3H3,(H,66,69)/b20-17-,29-26-,38-35-. The monoisotopic (exact) mass is 998 g/mol. The summed E-state index contributed by atoms with van der Waals surface area (Å²) in [6.45, 7) is 6.50. The Morgan fingerprint density at radius 1 is 0.408 bits per heavy atom. The molecule has 0 saturated heterocycles. The minimum atomic E-state index is -0.793. The number of rotatable bonds is 58. The molecule has 3 N–H and O–H groups in total. The van der Waals surface area contributed by atoms with Gasteiger partial charge in [-0.25, -0.2) is 0 Å². The molecule has 0 spiro atoms. The average molecular weight is 999 g/mol. The van der Waals surface area contributed by atoms with Gasteiger partial charge in [0, 0.05) is 6.42 Å². The van der Waals surface area contributed by atoms with Crippen LogP contribution in [0.2, 0.25) is 0 Å². The molecule has 6 nitrogen and oxygen atoms in total. The van der Waals surface area contributed by atoms with Gasteiger partial charge >= 0.3 is 5.97 Å². The van der Waals surface area contributed by atoms with Crippen molar-refractivity contribution in [2.75, 3.05) is 6.61 Å². The van der Waals surface area contributed by atoms with Crippen molar-refractivity contribution in [3.8, 4) is 0 Å². The number of carbonyl (C=O) groups is 2. The van der Waals surface area contributed by atoms with Crippen LogP contribution in [0.5, 0.6) is 0 Å². The van der Waals surface area contributed by atoms with E-state index in [9.17, 15) is 19.8 Å². The fraction of sp³-hybridized carbons (Fsp3) is 0.877. The van der Waals surface area contributed by atoms with Gasteiger partial charge in [-0.2, -0.15) is 0 Å². The van der Waals surface area contributed by atoms with Crippen LogP contribution in [-0.2, 0) is 14.3 Å². The zero-order valence-electron chi connectivity index (χ0n) is 47.9. The summed E-state index contributed by atoms with van der Waals surface area (Å²) in [5, 5.41) is 24.0. The Bertz CT molecular complexity index is 1170. The summed E-state index contributed by atoms with van der Waals surface area (Å²) in [6.07, 6.45) is 72.2.